The van der Waals surface area contributed by atoms with Crippen molar-refractivity contribution in [3.8, 4) is 11.5 Å². The minimum absolute atomic E-state index is 0.0129. The number of fused-ring (bicyclic) bond motifs is 1. The second kappa shape index (κ2) is 9.52. The van der Waals surface area contributed by atoms with Gasteiger partial charge in [0.15, 0.2) is 11.5 Å². The van der Waals surface area contributed by atoms with Crippen molar-refractivity contribution in [1.29, 1.82) is 0 Å². The Balaban J connectivity index is 1.76. The van der Waals surface area contributed by atoms with Crippen molar-refractivity contribution in [1.82, 2.24) is 29.5 Å². The maximum Gasteiger partial charge on any atom is 0.228 e. The molecule has 0 radical (unpaired) electrons. The van der Waals surface area contributed by atoms with Crippen molar-refractivity contribution in [2.45, 2.75) is 60.3 Å². The zero-order valence-electron chi connectivity index (χ0n) is 20.0. The van der Waals surface area contributed by atoms with E-state index in [9.17, 15) is 4.79 Å². The van der Waals surface area contributed by atoms with Gasteiger partial charge in [-0.2, -0.15) is 14.9 Å². The molecule has 3 heterocycles. The molecule has 172 valence electrons. The van der Waals surface area contributed by atoms with Crippen LogP contribution in [0.4, 0.5) is 5.82 Å². The summed E-state index contributed by atoms with van der Waals surface area (Å²) < 4.78 is 3.51. The van der Waals surface area contributed by atoms with Crippen LogP contribution in [0.3, 0.4) is 0 Å². The van der Waals surface area contributed by atoms with E-state index < -0.39 is 0 Å². The molecule has 33 heavy (non-hydrogen) atoms. The van der Waals surface area contributed by atoms with Crippen molar-refractivity contribution in [3.05, 3.63) is 53.6 Å². The smallest absolute Gasteiger partial charge is 0.228 e. The molecule has 0 fully saturated rings. The lowest BCUT2D eigenvalue weighted by Gasteiger charge is -2.16. The Kier molecular flexibility index (Phi) is 6.53. The summed E-state index contributed by atoms with van der Waals surface area (Å²) >= 11 is 0. The lowest BCUT2D eigenvalue weighted by Crippen LogP contribution is -2.24. The van der Waals surface area contributed by atoms with Gasteiger partial charge in [-0.3, -0.25) is 4.79 Å². The molecule has 1 amide bonds. The lowest BCUT2D eigenvalue weighted by molar-refractivity contribution is -0.120. The van der Waals surface area contributed by atoms with Crippen LogP contribution < -0.4 is 5.32 Å². The Hall–Kier alpha value is -3.55. The summed E-state index contributed by atoms with van der Waals surface area (Å²) in [7, 11) is 0. The zero-order valence-corrected chi connectivity index (χ0v) is 20.0. The topological polar surface area (TPSA) is 90.5 Å². The van der Waals surface area contributed by atoms with Crippen LogP contribution in [0.15, 0.2) is 36.8 Å². The normalized spacial score (nSPS) is 11.5. The van der Waals surface area contributed by atoms with Gasteiger partial charge in [-0.25, -0.2) is 14.6 Å². The summed E-state index contributed by atoms with van der Waals surface area (Å²) in [6, 6.07) is 8.00. The second-order valence-electron chi connectivity index (χ2n) is 8.56. The van der Waals surface area contributed by atoms with Crippen molar-refractivity contribution >= 4 is 22.8 Å². The summed E-state index contributed by atoms with van der Waals surface area (Å²) in [5.41, 5.74) is 4.78. The molecule has 0 bridgehead atoms. The van der Waals surface area contributed by atoms with Gasteiger partial charge in [0.25, 0.3) is 0 Å². The van der Waals surface area contributed by atoms with Crippen LogP contribution >= 0.6 is 0 Å². The molecule has 0 atom stereocenters. The standard InChI is InChI=1S/C25H31N7O/c1-6-9-19(10-7-2)25(33)29-22-13-17(4)30-32(22)24-20-14-28-31(23(20)26-15-27-24)21-12-8-11-16(3)18(21)5/h8,11-15,19H,6-7,9-10H2,1-5H3,(H,29,33). The molecular weight excluding hydrogens is 414 g/mol. The number of anilines is 1. The van der Waals surface area contributed by atoms with E-state index in [-0.39, 0.29) is 11.8 Å². The van der Waals surface area contributed by atoms with E-state index in [0.29, 0.717) is 17.3 Å². The molecule has 0 aliphatic rings. The molecule has 8 heteroatoms. The van der Waals surface area contributed by atoms with Crippen LogP contribution in [0.25, 0.3) is 22.5 Å². The van der Waals surface area contributed by atoms with Crippen LogP contribution in [-0.4, -0.2) is 35.4 Å². The Morgan fingerprint density at radius 1 is 1.06 bits per heavy atom. The molecular formula is C25H31N7O. The fourth-order valence-corrected chi connectivity index (χ4v) is 4.22. The quantitative estimate of drug-likeness (QED) is 0.408. The molecule has 0 aliphatic carbocycles. The molecule has 4 aromatic rings. The summed E-state index contributed by atoms with van der Waals surface area (Å²) in [5, 5.41) is 13.1. The third-order valence-electron chi connectivity index (χ3n) is 6.08. The molecule has 1 aromatic carbocycles. The molecule has 0 unspecified atom stereocenters. The Labute approximate surface area is 194 Å². The van der Waals surface area contributed by atoms with Crippen molar-refractivity contribution in [3.63, 3.8) is 0 Å². The minimum Gasteiger partial charge on any atom is -0.310 e. The highest BCUT2D eigenvalue weighted by Gasteiger charge is 2.21. The van der Waals surface area contributed by atoms with E-state index in [1.165, 1.54) is 11.9 Å². The first-order valence-electron chi connectivity index (χ1n) is 11.6. The van der Waals surface area contributed by atoms with E-state index in [4.69, 9.17) is 0 Å². The first kappa shape index (κ1) is 22.6. The summed E-state index contributed by atoms with van der Waals surface area (Å²) in [5.74, 6) is 1.20. The number of hydrogen-bond acceptors (Lipinski definition) is 5. The highest BCUT2D eigenvalue weighted by atomic mass is 16.2. The fraction of sp³-hybridized carbons (Fsp3) is 0.400. The van der Waals surface area contributed by atoms with Gasteiger partial charge < -0.3 is 5.32 Å². The van der Waals surface area contributed by atoms with Gasteiger partial charge in [-0.1, -0.05) is 38.8 Å². The number of carbonyl (C=O) groups excluding carboxylic acids is 1. The van der Waals surface area contributed by atoms with Gasteiger partial charge in [0, 0.05) is 12.0 Å². The van der Waals surface area contributed by atoms with Crippen molar-refractivity contribution in [2.24, 2.45) is 5.92 Å². The maximum absolute atomic E-state index is 13.0. The number of rotatable bonds is 8. The lowest BCUT2D eigenvalue weighted by atomic mass is 9.97. The predicted molar refractivity (Wildman–Crippen MR) is 130 cm³/mol. The Bertz CT molecular complexity index is 1280. The number of aromatic nitrogens is 6. The monoisotopic (exact) mass is 445 g/mol. The van der Waals surface area contributed by atoms with Gasteiger partial charge in [0.2, 0.25) is 5.91 Å². The number of hydrogen-bond donors (Lipinski definition) is 1. The average Bonchev–Trinajstić information content (AvgIpc) is 3.38. The van der Waals surface area contributed by atoms with Gasteiger partial charge in [0.05, 0.1) is 23.0 Å². The van der Waals surface area contributed by atoms with E-state index in [1.54, 1.807) is 10.9 Å². The van der Waals surface area contributed by atoms with Crippen LogP contribution in [0.1, 0.15) is 56.4 Å². The number of carbonyl (C=O) groups is 1. The van der Waals surface area contributed by atoms with Crippen molar-refractivity contribution < 1.29 is 4.79 Å². The van der Waals surface area contributed by atoms with Crippen LogP contribution in [0.2, 0.25) is 0 Å². The maximum atomic E-state index is 13.0. The first-order chi connectivity index (χ1) is 15.9. The molecule has 0 saturated carbocycles. The molecule has 8 nitrogen and oxygen atoms in total. The SMILES string of the molecule is CCCC(CCC)C(=O)Nc1cc(C)nn1-c1ncnc2c1cnn2-c1cccc(C)c1C. The van der Waals surface area contributed by atoms with Gasteiger partial charge in [-0.15, -0.1) is 0 Å². The molecule has 4 rings (SSSR count). The van der Waals surface area contributed by atoms with Crippen LogP contribution in [-0.2, 0) is 4.79 Å². The van der Waals surface area contributed by atoms with Crippen molar-refractivity contribution in [2.75, 3.05) is 5.32 Å². The summed E-state index contributed by atoms with van der Waals surface area (Å²) in [4.78, 5) is 22.0. The van der Waals surface area contributed by atoms with Crippen LogP contribution in [0.5, 0.6) is 0 Å². The zero-order chi connectivity index (χ0) is 23.5. The highest BCUT2D eigenvalue weighted by Crippen LogP contribution is 2.26. The van der Waals surface area contributed by atoms with E-state index in [1.807, 2.05) is 29.8 Å². The third kappa shape index (κ3) is 4.37. The Morgan fingerprint density at radius 2 is 1.82 bits per heavy atom. The van der Waals surface area contributed by atoms with Gasteiger partial charge in [0.1, 0.15) is 12.1 Å². The molecule has 1 N–H and O–H groups in total. The van der Waals surface area contributed by atoms with E-state index in [0.717, 1.165) is 48.0 Å². The van der Waals surface area contributed by atoms with E-state index >= 15 is 0 Å². The second-order valence-corrected chi connectivity index (χ2v) is 8.56. The number of nitrogens with zero attached hydrogens (tertiary/aromatic N) is 6. The summed E-state index contributed by atoms with van der Waals surface area (Å²) in [6.07, 6.45) is 6.95. The highest BCUT2D eigenvalue weighted by molar-refractivity contribution is 5.92. The molecule has 0 aliphatic heterocycles. The Morgan fingerprint density at radius 3 is 2.55 bits per heavy atom. The largest absolute Gasteiger partial charge is 0.310 e. The van der Waals surface area contributed by atoms with E-state index in [2.05, 4.69) is 59.2 Å². The average molecular weight is 446 g/mol. The first-order valence-corrected chi connectivity index (χ1v) is 11.6. The fourth-order valence-electron chi connectivity index (χ4n) is 4.22. The number of amides is 1. The third-order valence-corrected chi connectivity index (χ3v) is 6.08. The minimum atomic E-state index is -0.0129. The van der Waals surface area contributed by atoms with Gasteiger partial charge >= 0.3 is 0 Å². The molecule has 0 saturated heterocycles. The summed E-state index contributed by atoms with van der Waals surface area (Å²) in [6.45, 7) is 10.3. The van der Waals surface area contributed by atoms with Crippen LogP contribution in [0, 0.1) is 26.7 Å². The molecule has 3 aromatic heterocycles. The van der Waals surface area contributed by atoms with Gasteiger partial charge in [-0.05, 0) is 50.8 Å². The number of benzene rings is 1. The number of nitrogens with one attached hydrogen (secondary N) is 1. The molecule has 0 spiro atoms. The predicted octanol–water partition coefficient (Wildman–Crippen LogP) is 5.08. The number of aryl methyl sites for hydroxylation is 2.